The van der Waals surface area contributed by atoms with Crippen molar-refractivity contribution in [2.45, 2.75) is 6.23 Å². The molecule has 4 rings (SSSR count). The largest absolute Gasteiger partial charge is 0.493 e. The van der Waals surface area contributed by atoms with Gasteiger partial charge >= 0.3 is 5.97 Å². The Morgan fingerprint density at radius 3 is 2.68 bits per heavy atom. The van der Waals surface area contributed by atoms with E-state index in [0.29, 0.717) is 22.0 Å². The molecule has 0 saturated carbocycles. The third-order valence-corrected chi connectivity index (χ3v) is 3.87. The minimum atomic E-state index is -0.760. The van der Waals surface area contributed by atoms with E-state index < -0.39 is 12.2 Å². The van der Waals surface area contributed by atoms with E-state index in [-0.39, 0.29) is 11.6 Å². The lowest BCUT2D eigenvalue weighted by molar-refractivity contribution is 0.0318. The molecule has 6 nitrogen and oxygen atoms in total. The molecule has 1 aromatic heterocycles. The minimum absolute atomic E-state index is 0.163. The van der Waals surface area contributed by atoms with Gasteiger partial charge in [0.1, 0.15) is 0 Å². The van der Waals surface area contributed by atoms with Gasteiger partial charge in [-0.25, -0.2) is 10.3 Å². The molecule has 0 aliphatic carbocycles. The van der Waals surface area contributed by atoms with Crippen LogP contribution in [0.5, 0.6) is 5.88 Å². The van der Waals surface area contributed by atoms with Crippen LogP contribution in [0.1, 0.15) is 22.1 Å². The Balaban J connectivity index is 2.03. The number of para-hydroxylation sites is 1. The van der Waals surface area contributed by atoms with Crippen molar-refractivity contribution in [2.24, 2.45) is 5.11 Å². The van der Waals surface area contributed by atoms with Crippen molar-refractivity contribution in [3.63, 3.8) is 0 Å². The highest BCUT2D eigenvalue weighted by atomic mass is 16.6. The van der Waals surface area contributed by atoms with Gasteiger partial charge in [-0.15, -0.1) is 0 Å². The van der Waals surface area contributed by atoms with Gasteiger partial charge in [0, 0.05) is 10.9 Å². The van der Waals surface area contributed by atoms with E-state index >= 15 is 0 Å². The first kappa shape index (κ1) is 12.6. The summed E-state index contributed by atoms with van der Waals surface area (Å²) in [6, 6.07) is 14.2. The number of hydrogen-bond acceptors (Lipinski definition) is 5. The van der Waals surface area contributed by atoms with Crippen LogP contribution in [0.2, 0.25) is 0 Å². The van der Waals surface area contributed by atoms with Crippen LogP contribution in [0.25, 0.3) is 10.9 Å². The number of hydrogen-bond donors (Lipinski definition) is 2. The predicted molar refractivity (Wildman–Crippen MR) is 78.4 cm³/mol. The van der Waals surface area contributed by atoms with Gasteiger partial charge in [-0.2, -0.15) is 5.11 Å². The molecule has 0 radical (unpaired) electrons. The molecule has 0 amide bonds. The van der Waals surface area contributed by atoms with Gasteiger partial charge in [0.15, 0.2) is 5.69 Å². The summed E-state index contributed by atoms with van der Waals surface area (Å²) in [5.41, 5.74) is 9.26. The molecule has 2 N–H and O–H groups in total. The number of benzene rings is 2. The number of fused-ring (bicyclic) bond motifs is 2. The van der Waals surface area contributed by atoms with Crippen LogP contribution >= 0.6 is 0 Å². The number of carbonyl (C=O) groups is 1. The molecule has 2 aromatic carbocycles. The van der Waals surface area contributed by atoms with Crippen molar-refractivity contribution < 1.29 is 14.6 Å². The summed E-state index contributed by atoms with van der Waals surface area (Å²) in [6.45, 7) is 0. The molecule has 1 atom stereocenters. The maximum absolute atomic E-state index is 12.0. The Morgan fingerprint density at radius 1 is 1.14 bits per heavy atom. The van der Waals surface area contributed by atoms with Crippen molar-refractivity contribution >= 4 is 22.6 Å². The molecule has 3 aromatic rings. The van der Waals surface area contributed by atoms with Gasteiger partial charge in [-0.3, -0.25) is 4.57 Å². The van der Waals surface area contributed by atoms with Crippen molar-refractivity contribution in [3.05, 3.63) is 59.7 Å². The molecule has 108 valence electrons. The summed E-state index contributed by atoms with van der Waals surface area (Å²) in [5.74, 6) is -0.618. The third-order valence-electron chi connectivity index (χ3n) is 3.87. The zero-order valence-electron chi connectivity index (χ0n) is 11.4. The molecule has 22 heavy (non-hydrogen) atoms. The quantitative estimate of drug-likeness (QED) is 0.557. The lowest BCUT2D eigenvalue weighted by Gasteiger charge is -2.15. The summed E-state index contributed by atoms with van der Waals surface area (Å²) in [4.78, 5) is 12.0. The van der Waals surface area contributed by atoms with Gasteiger partial charge in [0.25, 0.3) is 0 Å². The Morgan fingerprint density at radius 2 is 1.86 bits per heavy atom. The molecule has 0 bridgehead atoms. The van der Waals surface area contributed by atoms with Crippen molar-refractivity contribution in [2.75, 3.05) is 0 Å². The number of cyclic esters (lactones) is 1. The Bertz CT molecular complexity index is 930. The number of carbonyl (C=O) groups excluding carboxylic acids is 1. The first-order chi connectivity index (χ1) is 10.7. The zero-order chi connectivity index (χ0) is 15.3. The molecule has 6 heteroatoms. The van der Waals surface area contributed by atoms with Crippen molar-refractivity contribution in [1.82, 2.24) is 4.57 Å². The summed E-state index contributed by atoms with van der Waals surface area (Å²) in [6.07, 6.45) is -0.760. The maximum atomic E-state index is 12.0. The minimum Gasteiger partial charge on any atom is -0.493 e. The fourth-order valence-electron chi connectivity index (χ4n) is 2.90. The molecular weight excluding hydrogens is 282 g/mol. The van der Waals surface area contributed by atoms with Crippen LogP contribution in [-0.2, 0) is 4.74 Å². The van der Waals surface area contributed by atoms with Gasteiger partial charge < -0.3 is 9.84 Å². The Labute approximate surface area is 125 Å². The summed E-state index contributed by atoms with van der Waals surface area (Å²) in [5, 5.41) is 14.5. The van der Waals surface area contributed by atoms with E-state index in [2.05, 4.69) is 5.11 Å². The second-order valence-electron chi connectivity index (χ2n) is 5.02. The Hall–Kier alpha value is -3.15. The molecule has 0 fully saturated rings. The van der Waals surface area contributed by atoms with Crippen LogP contribution in [0.15, 0.2) is 53.6 Å². The van der Waals surface area contributed by atoms with Crippen LogP contribution in [0.4, 0.5) is 5.69 Å². The smallest absolute Gasteiger partial charge is 0.340 e. The fraction of sp³-hybridized carbons (Fsp3) is 0.0625. The monoisotopic (exact) mass is 293 g/mol. The molecule has 0 spiro atoms. The van der Waals surface area contributed by atoms with E-state index in [1.54, 1.807) is 36.4 Å². The van der Waals surface area contributed by atoms with Gasteiger partial charge in [-0.05, 0) is 12.1 Å². The third kappa shape index (κ3) is 1.52. The summed E-state index contributed by atoms with van der Waals surface area (Å²) < 4.78 is 6.92. The second kappa shape index (κ2) is 4.42. The number of nitrogens with zero attached hydrogens (tertiary/aromatic N) is 2. The topological polar surface area (TPSA) is 87.7 Å². The highest BCUT2D eigenvalue weighted by Gasteiger charge is 2.35. The average molecular weight is 293 g/mol. The predicted octanol–water partition coefficient (Wildman–Crippen LogP) is 3.73. The normalized spacial score (nSPS) is 16.5. The van der Waals surface area contributed by atoms with E-state index in [0.717, 1.165) is 0 Å². The SMILES string of the molecule is N=Nc1c(O)n([C@H]2OC(=O)c3ccccc32)c2ccccc12. The van der Waals surface area contributed by atoms with Gasteiger partial charge in [0.05, 0.1) is 11.1 Å². The molecule has 1 aliphatic rings. The maximum Gasteiger partial charge on any atom is 0.340 e. The van der Waals surface area contributed by atoms with Gasteiger partial charge in [0.2, 0.25) is 12.1 Å². The highest BCUT2D eigenvalue weighted by molar-refractivity contribution is 5.97. The number of aromatic nitrogens is 1. The van der Waals surface area contributed by atoms with Crippen LogP contribution in [-0.4, -0.2) is 15.6 Å². The van der Waals surface area contributed by atoms with Crippen LogP contribution in [0, 0.1) is 5.53 Å². The molecule has 1 aliphatic heterocycles. The van der Waals surface area contributed by atoms with E-state index in [1.165, 1.54) is 4.57 Å². The molecule has 0 unspecified atom stereocenters. The fourth-order valence-corrected chi connectivity index (χ4v) is 2.90. The Kier molecular flexibility index (Phi) is 2.53. The number of nitrogens with one attached hydrogen (secondary N) is 1. The first-order valence-electron chi connectivity index (χ1n) is 6.71. The standard InChI is InChI=1S/C16H11N3O3/c17-18-13-11-7-3-4-8-12(11)19(14(13)20)15-9-5-1-2-6-10(9)16(21)22-15/h1-8,15,17,20H/t15-/m0/s1. The first-order valence-corrected chi connectivity index (χ1v) is 6.71. The molecular formula is C16H11N3O3. The molecule has 0 saturated heterocycles. The summed E-state index contributed by atoms with van der Waals surface area (Å²) >= 11 is 0. The zero-order valence-corrected chi connectivity index (χ0v) is 11.4. The van der Waals surface area contributed by atoms with E-state index in [1.807, 2.05) is 12.1 Å². The number of aromatic hydroxyl groups is 1. The average Bonchev–Trinajstić information content (AvgIpc) is 3.02. The van der Waals surface area contributed by atoms with Crippen molar-refractivity contribution in [1.29, 1.82) is 5.53 Å². The summed E-state index contributed by atoms with van der Waals surface area (Å²) in [7, 11) is 0. The van der Waals surface area contributed by atoms with E-state index in [9.17, 15) is 9.90 Å². The number of esters is 1. The van der Waals surface area contributed by atoms with Crippen LogP contribution < -0.4 is 0 Å². The highest BCUT2D eigenvalue weighted by Crippen LogP contribution is 2.44. The number of ether oxygens (including phenoxy) is 1. The van der Waals surface area contributed by atoms with Gasteiger partial charge in [-0.1, -0.05) is 36.4 Å². The second-order valence-corrected chi connectivity index (χ2v) is 5.02. The van der Waals surface area contributed by atoms with Crippen molar-refractivity contribution in [3.8, 4) is 5.88 Å². The van der Waals surface area contributed by atoms with Crippen LogP contribution in [0.3, 0.4) is 0 Å². The lowest BCUT2D eigenvalue weighted by atomic mass is 10.1. The molecule has 2 heterocycles. The van der Waals surface area contributed by atoms with E-state index in [4.69, 9.17) is 10.3 Å². The number of rotatable bonds is 2. The lowest BCUT2D eigenvalue weighted by Crippen LogP contribution is -2.09.